The minimum absolute atomic E-state index is 0.0205. The van der Waals surface area contributed by atoms with Gasteiger partial charge in [0.1, 0.15) is 12.0 Å². The zero-order chi connectivity index (χ0) is 16.3. The first-order valence-electron chi connectivity index (χ1n) is 6.73. The molecule has 0 atom stereocenters. The molecule has 1 aromatic carbocycles. The first-order chi connectivity index (χ1) is 10.4. The van der Waals surface area contributed by atoms with E-state index in [9.17, 15) is 14.9 Å². The van der Waals surface area contributed by atoms with Crippen LogP contribution in [0.25, 0.3) is 0 Å². The van der Waals surface area contributed by atoms with Crippen LogP contribution in [0.1, 0.15) is 28.4 Å². The van der Waals surface area contributed by atoms with Gasteiger partial charge >= 0.3 is 0 Å². The number of carbonyl (C=O) groups excluding carboxylic acids is 1. The molecule has 2 aromatic rings. The van der Waals surface area contributed by atoms with E-state index >= 15 is 0 Å². The fourth-order valence-electron chi connectivity index (χ4n) is 2.11. The average Bonchev–Trinajstić information content (AvgIpc) is 2.49. The van der Waals surface area contributed by atoms with Crippen molar-refractivity contribution in [3.63, 3.8) is 0 Å². The van der Waals surface area contributed by atoms with E-state index in [2.05, 4.69) is 10.3 Å². The number of amides is 1. The van der Waals surface area contributed by atoms with Gasteiger partial charge in [-0.15, -0.1) is 0 Å². The lowest BCUT2D eigenvalue weighted by Gasteiger charge is -2.11. The third-order valence-corrected chi connectivity index (χ3v) is 3.34. The molecule has 114 valence electrons. The zero-order valence-corrected chi connectivity index (χ0v) is 12.3. The van der Waals surface area contributed by atoms with Crippen molar-refractivity contribution in [3.05, 3.63) is 57.3 Å². The summed E-state index contributed by atoms with van der Waals surface area (Å²) in [6, 6.07) is 6.87. The smallest absolute Gasteiger partial charge is 0.288 e. The van der Waals surface area contributed by atoms with E-state index in [0.29, 0.717) is 0 Å². The molecule has 3 N–H and O–H groups in total. The maximum Gasteiger partial charge on any atom is 0.288 e. The fraction of sp³-hybridized carbons (Fsp3) is 0.200. The largest absolute Gasteiger partial charge is 0.365 e. The number of hydrogen-bond donors (Lipinski definition) is 2. The molecule has 0 aliphatic carbocycles. The van der Waals surface area contributed by atoms with Crippen LogP contribution in [-0.2, 0) is 6.42 Å². The van der Waals surface area contributed by atoms with Crippen molar-refractivity contribution < 1.29 is 9.72 Å². The summed E-state index contributed by atoms with van der Waals surface area (Å²) >= 11 is 0. The molecule has 0 unspecified atom stereocenters. The van der Waals surface area contributed by atoms with Crippen molar-refractivity contribution in [1.82, 2.24) is 4.98 Å². The van der Waals surface area contributed by atoms with Gasteiger partial charge in [0.25, 0.3) is 11.6 Å². The Balaban J connectivity index is 2.40. The van der Waals surface area contributed by atoms with Gasteiger partial charge in [-0.05, 0) is 36.6 Å². The van der Waals surface area contributed by atoms with Gasteiger partial charge in [-0.3, -0.25) is 14.9 Å². The molecular formula is C15H16N4O3. The summed E-state index contributed by atoms with van der Waals surface area (Å²) in [5.41, 5.74) is 8.04. The van der Waals surface area contributed by atoms with Gasteiger partial charge in [-0.25, -0.2) is 4.98 Å². The van der Waals surface area contributed by atoms with E-state index in [1.165, 1.54) is 5.56 Å². The Kier molecular flexibility index (Phi) is 4.36. The van der Waals surface area contributed by atoms with Gasteiger partial charge in [0.15, 0.2) is 0 Å². The van der Waals surface area contributed by atoms with E-state index in [1.807, 2.05) is 32.0 Å². The highest BCUT2D eigenvalue weighted by atomic mass is 16.6. The topological polar surface area (TPSA) is 111 Å². The molecule has 0 saturated carbocycles. The second-order valence-electron chi connectivity index (χ2n) is 4.83. The maximum atomic E-state index is 11.5. The zero-order valence-electron chi connectivity index (χ0n) is 12.3. The van der Waals surface area contributed by atoms with Crippen molar-refractivity contribution in [2.75, 3.05) is 5.32 Å². The molecule has 0 saturated heterocycles. The number of nitro groups is 1. The Morgan fingerprint density at radius 3 is 2.73 bits per heavy atom. The summed E-state index contributed by atoms with van der Waals surface area (Å²) in [4.78, 5) is 25.6. The molecule has 0 radical (unpaired) electrons. The number of nitrogens with two attached hydrogens (primary N) is 1. The quantitative estimate of drug-likeness (QED) is 0.651. The summed E-state index contributed by atoms with van der Waals surface area (Å²) in [5.74, 6) is -0.578. The van der Waals surface area contributed by atoms with Gasteiger partial charge in [0.05, 0.1) is 10.5 Å². The number of pyridine rings is 1. The van der Waals surface area contributed by atoms with E-state index in [1.54, 1.807) is 0 Å². The Hall–Kier alpha value is -2.96. The van der Waals surface area contributed by atoms with Crippen molar-refractivity contribution in [2.45, 2.75) is 20.3 Å². The molecule has 1 amide bonds. The first kappa shape index (κ1) is 15.4. The Labute approximate surface area is 127 Å². The summed E-state index contributed by atoms with van der Waals surface area (Å²) in [7, 11) is 0. The van der Waals surface area contributed by atoms with Crippen LogP contribution in [-0.4, -0.2) is 15.8 Å². The van der Waals surface area contributed by atoms with Gasteiger partial charge < -0.3 is 11.1 Å². The van der Waals surface area contributed by atoms with Crippen LogP contribution in [0.15, 0.2) is 30.5 Å². The number of carbonyl (C=O) groups is 1. The summed E-state index contributed by atoms with van der Waals surface area (Å²) in [6.07, 6.45) is 1.96. The van der Waals surface area contributed by atoms with Crippen molar-refractivity contribution in [1.29, 1.82) is 0 Å². The van der Waals surface area contributed by atoms with Gasteiger partial charge in [0, 0.05) is 11.8 Å². The van der Waals surface area contributed by atoms with E-state index in [-0.39, 0.29) is 17.1 Å². The molecular weight excluding hydrogens is 284 g/mol. The predicted molar refractivity (Wildman–Crippen MR) is 83.2 cm³/mol. The molecule has 0 aliphatic heterocycles. The predicted octanol–water partition coefficient (Wildman–Crippen LogP) is 2.70. The van der Waals surface area contributed by atoms with E-state index < -0.39 is 10.8 Å². The number of hydrogen-bond acceptors (Lipinski definition) is 5. The van der Waals surface area contributed by atoms with Crippen molar-refractivity contribution in [2.24, 2.45) is 5.73 Å². The Bertz CT molecular complexity index is 744. The molecule has 2 rings (SSSR count). The lowest BCUT2D eigenvalue weighted by Crippen LogP contribution is -2.14. The Morgan fingerprint density at radius 1 is 1.41 bits per heavy atom. The highest BCUT2D eigenvalue weighted by molar-refractivity contribution is 5.98. The van der Waals surface area contributed by atoms with Crippen LogP contribution < -0.4 is 11.1 Å². The number of rotatable bonds is 5. The molecule has 0 bridgehead atoms. The van der Waals surface area contributed by atoms with Crippen LogP contribution in [0.4, 0.5) is 17.2 Å². The summed E-state index contributed by atoms with van der Waals surface area (Å²) in [5, 5.41) is 13.7. The molecule has 0 spiro atoms. The number of benzene rings is 1. The minimum Gasteiger partial charge on any atom is -0.365 e. The minimum atomic E-state index is -0.776. The Morgan fingerprint density at radius 2 is 2.14 bits per heavy atom. The standard InChI is InChI=1S/C15H16N4O3/c1-3-10-6-11(5-4-9(10)2)18-15-13(14(16)20)7-12(8-17-15)19(21)22/h4-8H,3H2,1-2H3,(H2,16,20)(H,17,18). The normalized spacial score (nSPS) is 10.3. The number of nitrogens with one attached hydrogen (secondary N) is 1. The van der Waals surface area contributed by atoms with Crippen molar-refractivity contribution >= 4 is 23.1 Å². The van der Waals surface area contributed by atoms with E-state index in [4.69, 9.17) is 5.73 Å². The average molecular weight is 300 g/mol. The number of anilines is 2. The molecule has 0 aliphatic rings. The maximum absolute atomic E-state index is 11.5. The highest BCUT2D eigenvalue weighted by Gasteiger charge is 2.16. The lowest BCUT2D eigenvalue weighted by molar-refractivity contribution is -0.385. The van der Waals surface area contributed by atoms with Crippen molar-refractivity contribution in [3.8, 4) is 0 Å². The molecule has 7 nitrogen and oxygen atoms in total. The van der Waals surface area contributed by atoms with Crippen LogP contribution in [0.5, 0.6) is 0 Å². The van der Waals surface area contributed by atoms with Crippen LogP contribution in [0.2, 0.25) is 0 Å². The van der Waals surface area contributed by atoms with Gasteiger partial charge in [-0.1, -0.05) is 13.0 Å². The van der Waals surface area contributed by atoms with Crippen LogP contribution in [0.3, 0.4) is 0 Å². The van der Waals surface area contributed by atoms with Crippen LogP contribution in [0, 0.1) is 17.0 Å². The summed E-state index contributed by atoms with van der Waals surface area (Å²) < 4.78 is 0. The number of nitrogens with zero attached hydrogens (tertiary/aromatic N) is 2. The second kappa shape index (κ2) is 6.21. The monoisotopic (exact) mass is 300 g/mol. The van der Waals surface area contributed by atoms with Gasteiger partial charge in [0.2, 0.25) is 0 Å². The molecule has 0 fully saturated rings. The van der Waals surface area contributed by atoms with Gasteiger partial charge in [-0.2, -0.15) is 0 Å². The SMILES string of the molecule is CCc1cc(Nc2ncc([N+](=O)[O-])cc2C(N)=O)ccc1C. The number of aryl methyl sites for hydroxylation is 2. The molecule has 1 aromatic heterocycles. The molecule has 22 heavy (non-hydrogen) atoms. The highest BCUT2D eigenvalue weighted by Crippen LogP contribution is 2.24. The summed E-state index contributed by atoms with van der Waals surface area (Å²) in [6.45, 7) is 4.06. The molecule has 7 heteroatoms. The third kappa shape index (κ3) is 3.20. The molecule has 1 heterocycles. The van der Waals surface area contributed by atoms with Crippen LogP contribution >= 0.6 is 0 Å². The van der Waals surface area contributed by atoms with E-state index in [0.717, 1.165) is 29.9 Å². The number of primary amides is 1. The first-order valence-corrected chi connectivity index (χ1v) is 6.73. The lowest BCUT2D eigenvalue weighted by atomic mass is 10.1. The second-order valence-corrected chi connectivity index (χ2v) is 4.83. The fourth-order valence-corrected chi connectivity index (χ4v) is 2.11. The number of aromatic nitrogens is 1. The third-order valence-electron chi connectivity index (χ3n) is 3.34.